The Bertz CT molecular complexity index is 635. The van der Waals surface area contributed by atoms with Gasteiger partial charge < -0.3 is 9.84 Å². The Labute approximate surface area is 128 Å². The van der Waals surface area contributed by atoms with Crippen LogP contribution >= 0.6 is 15.9 Å². The number of benzene rings is 2. The minimum absolute atomic E-state index is 0.693. The van der Waals surface area contributed by atoms with Gasteiger partial charge in [0.2, 0.25) is 0 Å². The Balaban J connectivity index is 2.54. The Morgan fingerprint density at radius 2 is 1.60 bits per heavy atom. The lowest BCUT2D eigenvalue weighted by Gasteiger charge is -2.19. The molecule has 0 saturated carbocycles. The number of methoxy groups -OCH3 is 1. The van der Waals surface area contributed by atoms with Crippen LogP contribution in [0, 0.1) is 20.8 Å². The lowest BCUT2D eigenvalue weighted by atomic mass is 9.93. The van der Waals surface area contributed by atoms with Crippen molar-refractivity contribution < 1.29 is 9.84 Å². The van der Waals surface area contributed by atoms with Crippen LogP contribution in [0.4, 0.5) is 0 Å². The number of ether oxygens (including phenoxy) is 1. The predicted octanol–water partition coefficient (Wildman–Crippen LogP) is 4.46. The molecule has 0 radical (unpaired) electrons. The molecule has 2 aromatic carbocycles. The van der Waals surface area contributed by atoms with Crippen LogP contribution in [0.25, 0.3) is 0 Å². The molecule has 20 heavy (non-hydrogen) atoms. The zero-order valence-corrected chi connectivity index (χ0v) is 13.8. The first-order chi connectivity index (χ1) is 9.43. The molecule has 0 fully saturated rings. The number of halogens is 1. The molecular weight excluding hydrogens is 316 g/mol. The molecule has 0 bridgehead atoms. The van der Waals surface area contributed by atoms with E-state index in [2.05, 4.69) is 41.9 Å². The van der Waals surface area contributed by atoms with E-state index in [1.165, 1.54) is 11.1 Å². The van der Waals surface area contributed by atoms with E-state index in [-0.39, 0.29) is 0 Å². The number of aliphatic hydroxyl groups excluding tert-OH is 1. The van der Waals surface area contributed by atoms with Gasteiger partial charge in [0, 0.05) is 10.0 Å². The molecule has 1 N–H and O–H groups in total. The van der Waals surface area contributed by atoms with Crippen molar-refractivity contribution in [1.29, 1.82) is 0 Å². The molecular formula is C17H19BrO2. The third-order valence-corrected chi connectivity index (χ3v) is 4.16. The van der Waals surface area contributed by atoms with Crippen LogP contribution < -0.4 is 4.74 Å². The highest BCUT2D eigenvalue weighted by atomic mass is 79.9. The zero-order valence-electron chi connectivity index (χ0n) is 12.2. The molecule has 1 unspecified atom stereocenters. The second-order valence-electron chi connectivity index (χ2n) is 5.08. The Morgan fingerprint density at radius 3 is 2.25 bits per heavy atom. The van der Waals surface area contributed by atoms with Crippen LogP contribution in [0.15, 0.2) is 34.8 Å². The summed E-state index contributed by atoms with van der Waals surface area (Å²) < 4.78 is 6.28. The van der Waals surface area contributed by atoms with Gasteiger partial charge in [-0.1, -0.05) is 28.1 Å². The van der Waals surface area contributed by atoms with Gasteiger partial charge in [0.1, 0.15) is 11.9 Å². The van der Waals surface area contributed by atoms with Crippen molar-refractivity contribution in [1.82, 2.24) is 0 Å². The number of hydrogen-bond acceptors (Lipinski definition) is 2. The maximum atomic E-state index is 10.7. The third-order valence-electron chi connectivity index (χ3n) is 3.66. The van der Waals surface area contributed by atoms with Gasteiger partial charge in [0.15, 0.2) is 0 Å². The van der Waals surface area contributed by atoms with E-state index in [0.29, 0.717) is 5.75 Å². The highest BCUT2D eigenvalue weighted by molar-refractivity contribution is 9.10. The Kier molecular flexibility index (Phi) is 4.51. The average Bonchev–Trinajstić information content (AvgIpc) is 2.42. The van der Waals surface area contributed by atoms with Crippen LogP contribution in [-0.4, -0.2) is 12.2 Å². The molecule has 0 amide bonds. The van der Waals surface area contributed by atoms with Crippen molar-refractivity contribution in [3.63, 3.8) is 0 Å². The Hall–Kier alpha value is -1.32. The normalized spacial score (nSPS) is 12.3. The first-order valence-corrected chi connectivity index (χ1v) is 7.32. The van der Waals surface area contributed by atoms with E-state index >= 15 is 0 Å². The van der Waals surface area contributed by atoms with Gasteiger partial charge in [0.05, 0.1) is 7.11 Å². The van der Waals surface area contributed by atoms with E-state index in [0.717, 1.165) is 21.2 Å². The van der Waals surface area contributed by atoms with Gasteiger partial charge in [-0.25, -0.2) is 0 Å². The second-order valence-corrected chi connectivity index (χ2v) is 6.00. The highest BCUT2D eigenvalue weighted by Crippen LogP contribution is 2.34. The molecule has 0 aliphatic rings. The number of rotatable bonds is 3. The van der Waals surface area contributed by atoms with Gasteiger partial charge in [-0.2, -0.15) is 0 Å². The van der Waals surface area contributed by atoms with E-state index < -0.39 is 6.10 Å². The van der Waals surface area contributed by atoms with Crippen molar-refractivity contribution in [3.05, 3.63) is 62.6 Å². The van der Waals surface area contributed by atoms with Gasteiger partial charge >= 0.3 is 0 Å². The SMILES string of the molecule is COc1ccc(Br)cc1C(O)c1cc(C)c(C)cc1C. The zero-order chi connectivity index (χ0) is 14.9. The summed E-state index contributed by atoms with van der Waals surface area (Å²) in [5.74, 6) is 0.693. The summed E-state index contributed by atoms with van der Waals surface area (Å²) in [5, 5.41) is 10.7. The maximum Gasteiger partial charge on any atom is 0.125 e. The van der Waals surface area contributed by atoms with Gasteiger partial charge in [-0.05, 0) is 61.2 Å². The molecule has 2 nitrogen and oxygen atoms in total. The molecule has 3 heteroatoms. The number of hydrogen-bond donors (Lipinski definition) is 1. The fourth-order valence-corrected chi connectivity index (χ4v) is 2.74. The summed E-state index contributed by atoms with van der Waals surface area (Å²) in [6.07, 6.45) is -0.693. The van der Waals surface area contributed by atoms with Gasteiger partial charge in [-0.3, -0.25) is 0 Å². The summed E-state index contributed by atoms with van der Waals surface area (Å²) in [6.45, 7) is 6.16. The molecule has 2 rings (SSSR count). The van der Waals surface area contributed by atoms with Crippen LogP contribution in [-0.2, 0) is 0 Å². The van der Waals surface area contributed by atoms with Gasteiger partial charge in [0.25, 0.3) is 0 Å². The van der Waals surface area contributed by atoms with Crippen LogP contribution in [0.2, 0.25) is 0 Å². The molecule has 106 valence electrons. The van der Waals surface area contributed by atoms with Crippen molar-refractivity contribution in [2.45, 2.75) is 26.9 Å². The standard InChI is InChI=1S/C17H19BrO2/c1-10-7-12(3)14(8-11(10)2)17(19)15-9-13(18)5-6-16(15)20-4/h5-9,17,19H,1-4H3. The third kappa shape index (κ3) is 2.89. The lowest BCUT2D eigenvalue weighted by molar-refractivity contribution is 0.214. The van der Waals surface area contributed by atoms with E-state index in [1.54, 1.807) is 7.11 Å². The molecule has 0 spiro atoms. The minimum atomic E-state index is -0.693. The quantitative estimate of drug-likeness (QED) is 0.897. The van der Waals surface area contributed by atoms with Crippen LogP contribution in [0.3, 0.4) is 0 Å². The Morgan fingerprint density at radius 1 is 0.950 bits per heavy atom. The highest BCUT2D eigenvalue weighted by Gasteiger charge is 2.18. The van der Waals surface area contributed by atoms with E-state index in [1.807, 2.05) is 25.1 Å². The van der Waals surface area contributed by atoms with Gasteiger partial charge in [-0.15, -0.1) is 0 Å². The largest absolute Gasteiger partial charge is 0.496 e. The molecule has 1 atom stereocenters. The topological polar surface area (TPSA) is 29.5 Å². The number of aryl methyl sites for hydroxylation is 3. The van der Waals surface area contributed by atoms with E-state index in [4.69, 9.17) is 4.74 Å². The average molecular weight is 335 g/mol. The fourth-order valence-electron chi connectivity index (χ4n) is 2.36. The minimum Gasteiger partial charge on any atom is -0.496 e. The van der Waals surface area contributed by atoms with Crippen LogP contribution in [0.1, 0.15) is 33.9 Å². The first kappa shape index (κ1) is 15.1. The second kappa shape index (κ2) is 5.98. The van der Waals surface area contributed by atoms with Crippen molar-refractivity contribution in [2.75, 3.05) is 7.11 Å². The monoisotopic (exact) mass is 334 g/mol. The molecule has 0 aliphatic heterocycles. The molecule has 0 saturated heterocycles. The summed E-state index contributed by atoms with van der Waals surface area (Å²) >= 11 is 3.44. The number of aliphatic hydroxyl groups is 1. The first-order valence-electron chi connectivity index (χ1n) is 6.53. The summed E-state index contributed by atoms with van der Waals surface area (Å²) in [5.41, 5.74) is 5.19. The van der Waals surface area contributed by atoms with E-state index in [9.17, 15) is 5.11 Å². The summed E-state index contributed by atoms with van der Waals surface area (Å²) in [6, 6.07) is 9.83. The van der Waals surface area contributed by atoms with Crippen molar-refractivity contribution in [3.8, 4) is 5.75 Å². The maximum absolute atomic E-state index is 10.7. The molecule has 0 aromatic heterocycles. The summed E-state index contributed by atoms with van der Waals surface area (Å²) in [7, 11) is 1.62. The molecule has 2 aromatic rings. The van der Waals surface area contributed by atoms with Crippen molar-refractivity contribution in [2.24, 2.45) is 0 Å². The predicted molar refractivity (Wildman–Crippen MR) is 85.4 cm³/mol. The van der Waals surface area contributed by atoms with Crippen molar-refractivity contribution >= 4 is 15.9 Å². The van der Waals surface area contributed by atoms with Crippen LogP contribution in [0.5, 0.6) is 5.75 Å². The lowest BCUT2D eigenvalue weighted by Crippen LogP contribution is -2.05. The molecule has 0 heterocycles. The molecule has 0 aliphatic carbocycles. The summed E-state index contributed by atoms with van der Waals surface area (Å²) in [4.78, 5) is 0. The smallest absolute Gasteiger partial charge is 0.125 e. The fraction of sp³-hybridized carbons (Fsp3) is 0.294.